The molecular weight excluding hydrogens is 382 g/mol. The van der Waals surface area contributed by atoms with Gasteiger partial charge in [0.05, 0.1) is 22.8 Å². The lowest BCUT2D eigenvalue weighted by molar-refractivity contribution is 0.0722. The van der Waals surface area contributed by atoms with E-state index in [0.29, 0.717) is 42.1 Å². The molecule has 5 nitrogen and oxygen atoms in total. The van der Waals surface area contributed by atoms with Crippen molar-refractivity contribution in [2.24, 2.45) is 0 Å². The standard InChI is InChI=1S/C20H23NO4S2/c1-25-15-7-9-16(10-8-15)27(23,24)17-11-13-21(14-12-17)20(22)18-5-3-4-6-19(18)26-2/h3-10,17H,11-14H2,1-2H3. The first kappa shape index (κ1) is 19.8. The fraction of sp³-hybridized carbons (Fsp3) is 0.350. The number of rotatable bonds is 5. The maximum atomic E-state index is 12.9. The van der Waals surface area contributed by atoms with E-state index in [2.05, 4.69) is 0 Å². The van der Waals surface area contributed by atoms with Crippen LogP contribution in [0.25, 0.3) is 0 Å². The van der Waals surface area contributed by atoms with Crippen molar-refractivity contribution in [2.45, 2.75) is 27.9 Å². The number of benzene rings is 2. The third-order valence-electron chi connectivity index (χ3n) is 4.89. The molecule has 144 valence electrons. The molecule has 1 aliphatic rings. The Labute approximate surface area is 164 Å². The number of likely N-dealkylation sites (tertiary alicyclic amines) is 1. The minimum atomic E-state index is -3.41. The number of amides is 1. The zero-order valence-corrected chi connectivity index (χ0v) is 17.1. The first-order valence-electron chi connectivity index (χ1n) is 8.77. The molecule has 1 fully saturated rings. The first-order valence-corrected chi connectivity index (χ1v) is 11.5. The maximum Gasteiger partial charge on any atom is 0.254 e. The monoisotopic (exact) mass is 405 g/mol. The van der Waals surface area contributed by atoms with Crippen LogP contribution in [0.15, 0.2) is 58.3 Å². The molecule has 1 amide bonds. The van der Waals surface area contributed by atoms with Crippen LogP contribution in [0.1, 0.15) is 23.2 Å². The van der Waals surface area contributed by atoms with E-state index in [1.54, 1.807) is 36.3 Å². The Balaban J connectivity index is 1.70. The normalized spacial score (nSPS) is 15.6. The Hall–Kier alpha value is -1.99. The highest BCUT2D eigenvalue weighted by Crippen LogP contribution is 2.28. The van der Waals surface area contributed by atoms with Gasteiger partial charge in [-0.2, -0.15) is 0 Å². The molecule has 1 heterocycles. The van der Waals surface area contributed by atoms with Crippen molar-refractivity contribution < 1.29 is 17.9 Å². The number of thioether (sulfide) groups is 1. The smallest absolute Gasteiger partial charge is 0.254 e. The zero-order chi connectivity index (χ0) is 19.4. The Morgan fingerprint density at radius 1 is 1.07 bits per heavy atom. The van der Waals surface area contributed by atoms with Crippen LogP contribution in [0.2, 0.25) is 0 Å². The predicted octanol–water partition coefficient (Wildman–Crippen LogP) is 3.50. The van der Waals surface area contributed by atoms with E-state index < -0.39 is 15.1 Å². The second-order valence-corrected chi connectivity index (χ2v) is 9.49. The fourth-order valence-corrected chi connectivity index (χ4v) is 5.64. The van der Waals surface area contributed by atoms with E-state index >= 15 is 0 Å². The Bertz CT molecular complexity index is 902. The van der Waals surface area contributed by atoms with Crippen molar-refractivity contribution in [3.05, 3.63) is 54.1 Å². The summed E-state index contributed by atoms with van der Waals surface area (Å²) >= 11 is 1.54. The Morgan fingerprint density at radius 2 is 1.70 bits per heavy atom. The van der Waals surface area contributed by atoms with Gasteiger partial charge in [-0.1, -0.05) is 12.1 Å². The molecule has 0 N–H and O–H groups in total. The second kappa shape index (κ2) is 8.35. The topological polar surface area (TPSA) is 63.7 Å². The number of methoxy groups -OCH3 is 1. The average Bonchev–Trinajstić information content (AvgIpc) is 2.73. The largest absolute Gasteiger partial charge is 0.497 e. The van der Waals surface area contributed by atoms with Gasteiger partial charge in [-0.3, -0.25) is 4.79 Å². The number of hydrogen-bond acceptors (Lipinski definition) is 5. The van der Waals surface area contributed by atoms with Crippen molar-refractivity contribution in [2.75, 3.05) is 26.5 Å². The van der Waals surface area contributed by atoms with Gasteiger partial charge in [0.1, 0.15) is 5.75 Å². The molecule has 0 aliphatic carbocycles. The van der Waals surface area contributed by atoms with Crippen LogP contribution in [-0.2, 0) is 9.84 Å². The van der Waals surface area contributed by atoms with E-state index in [0.717, 1.165) is 4.90 Å². The highest BCUT2D eigenvalue weighted by atomic mass is 32.2. The minimum absolute atomic E-state index is 0.0276. The van der Waals surface area contributed by atoms with Crippen LogP contribution < -0.4 is 4.74 Å². The van der Waals surface area contributed by atoms with Crippen molar-refractivity contribution in [1.82, 2.24) is 4.90 Å². The van der Waals surface area contributed by atoms with Crippen LogP contribution >= 0.6 is 11.8 Å². The maximum absolute atomic E-state index is 12.9. The summed E-state index contributed by atoms with van der Waals surface area (Å²) in [5.74, 6) is 0.599. The fourth-order valence-electron chi connectivity index (χ4n) is 3.32. The summed E-state index contributed by atoms with van der Waals surface area (Å²) in [7, 11) is -1.86. The molecule has 0 aromatic heterocycles. The number of sulfone groups is 1. The van der Waals surface area contributed by atoms with Gasteiger partial charge in [0.25, 0.3) is 5.91 Å². The molecular formula is C20H23NO4S2. The number of nitrogens with zero attached hydrogens (tertiary/aromatic N) is 1. The summed E-state index contributed by atoms with van der Waals surface area (Å²) in [5, 5.41) is -0.467. The van der Waals surface area contributed by atoms with Crippen LogP contribution in [0, 0.1) is 0 Å². The van der Waals surface area contributed by atoms with E-state index in [9.17, 15) is 13.2 Å². The summed E-state index contributed by atoms with van der Waals surface area (Å²) in [6, 6.07) is 14.0. The van der Waals surface area contributed by atoms with Gasteiger partial charge >= 0.3 is 0 Å². The predicted molar refractivity (Wildman–Crippen MR) is 107 cm³/mol. The number of piperidine rings is 1. The average molecular weight is 406 g/mol. The number of carbonyl (C=O) groups excluding carboxylic acids is 1. The molecule has 7 heteroatoms. The lowest BCUT2D eigenvalue weighted by atomic mass is 10.1. The Kier molecular flexibility index (Phi) is 6.11. The number of ether oxygens (including phenoxy) is 1. The van der Waals surface area contributed by atoms with E-state index in [-0.39, 0.29) is 5.91 Å². The third-order valence-corrected chi connectivity index (χ3v) is 7.97. The molecule has 1 saturated heterocycles. The van der Waals surface area contributed by atoms with Crippen LogP contribution in [-0.4, -0.2) is 50.9 Å². The highest BCUT2D eigenvalue weighted by Gasteiger charge is 2.33. The van der Waals surface area contributed by atoms with E-state index in [4.69, 9.17) is 4.74 Å². The molecule has 0 spiro atoms. The van der Waals surface area contributed by atoms with Crippen molar-refractivity contribution in [1.29, 1.82) is 0 Å². The first-order chi connectivity index (χ1) is 13.0. The molecule has 2 aromatic rings. The van der Waals surface area contributed by atoms with Gasteiger partial charge in [-0.15, -0.1) is 11.8 Å². The molecule has 0 saturated carbocycles. The summed E-state index contributed by atoms with van der Waals surface area (Å²) in [4.78, 5) is 15.8. The van der Waals surface area contributed by atoms with Gasteiger partial charge in [0, 0.05) is 18.0 Å². The molecule has 0 atom stereocenters. The van der Waals surface area contributed by atoms with Crippen molar-refractivity contribution in [3.8, 4) is 5.75 Å². The van der Waals surface area contributed by atoms with Gasteiger partial charge in [-0.05, 0) is 55.5 Å². The van der Waals surface area contributed by atoms with Crippen molar-refractivity contribution >= 4 is 27.5 Å². The molecule has 0 bridgehead atoms. The van der Waals surface area contributed by atoms with Gasteiger partial charge < -0.3 is 9.64 Å². The molecule has 2 aromatic carbocycles. The van der Waals surface area contributed by atoms with Gasteiger partial charge in [0.2, 0.25) is 0 Å². The number of carbonyl (C=O) groups is 1. The molecule has 3 rings (SSSR count). The van der Waals surface area contributed by atoms with Gasteiger partial charge in [-0.25, -0.2) is 8.42 Å². The summed E-state index contributed by atoms with van der Waals surface area (Å²) < 4.78 is 30.9. The highest BCUT2D eigenvalue weighted by molar-refractivity contribution is 7.98. The summed E-state index contributed by atoms with van der Waals surface area (Å²) in [5.41, 5.74) is 0.682. The molecule has 27 heavy (non-hydrogen) atoms. The zero-order valence-electron chi connectivity index (χ0n) is 15.4. The lowest BCUT2D eigenvalue weighted by Crippen LogP contribution is -2.42. The second-order valence-electron chi connectivity index (χ2n) is 6.41. The number of hydrogen-bond donors (Lipinski definition) is 0. The van der Waals surface area contributed by atoms with Crippen LogP contribution in [0.4, 0.5) is 0 Å². The quantitative estimate of drug-likeness (QED) is 0.713. The minimum Gasteiger partial charge on any atom is -0.497 e. The van der Waals surface area contributed by atoms with Crippen LogP contribution in [0.3, 0.4) is 0 Å². The van der Waals surface area contributed by atoms with Crippen molar-refractivity contribution in [3.63, 3.8) is 0 Å². The van der Waals surface area contributed by atoms with E-state index in [1.807, 2.05) is 30.5 Å². The summed E-state index contributed by atoms with van der Waals surface area (Å²) in [6.45, 7) is 0.892. The van der Waals surface area contributed by atoms with Crippen LogP contribution in [0.5, 0.6) is 5.75 Å². The Morgan fingerprint density at radius 3 is 2.30 bits per heavy atom. The lowest BCUT2D eigenvalue weighted by Gasteiger charge is -2.32. The van der Waals surface area contributed by atoms with Gasteiger partial charge in [0.15, 0.2) is 9.84 Å². The van der Waals surface area contributed by atoms with E-state index in [1.165, 1.54) is 11.8 Å². The third kappa shape index (κ3) is 4.14. The SMILES string of the molecule is COc1ccc(S(=O)(=O)C2CCN(C(=O)c3ccccc3SC)CC2)cc1. The molecule has 0 radical (unpaired) electrons. The molecule has 0 unspecified atom stereocenters. The summed E-state index contributed by atoms with van der Waals surface area (Å²) in [6.07, 6.45) is 2.84. The molecule has 1 aliphatic heterocycles.